The minimum absolute atomic E-state index is 0.211. The van der Waals surface area contributed by atoms with Crippen LogP contribution in [0.4, 0.5) is 5.88 Å². The highest BCUT2D eigenvalue weighted by Crippen LogP contribution is 2.35. The zero-order chi connectivity index (χ0) is 27.6. The van der Waals surface area contributed by atoms with E-state index in [2.05, 4.69) is 20.8 Å². The Morgan fingerprint density at radius 2 is 1.80 bits per heavy atom. The summed E-state index contributed by atoms with van der Waals surface area (Å²) >= 11 is 4.93. The molecule has 1 saturated heterocycles. The lowest BCUT2D eigenvalue weighted by atomic mass is 9.93. The molecule has 6 rings (SSSR count). The van der Waals surface area contributed by atoms with Gasteiger partial charge in [0.1, 0.15) is 5.76 Å². The van der Waals surface area contributed by atoms with Gasteiger partial charge >= 0.3 is 5.97 Å². The largest absolute Gasteiger partial charge is 0.463 e. The summed E-state index contributed by atoms with van der Waals surface area (Å²) in [6, 6.07) is 20.3. The summed E-state index contributed by atoms with van der Waals surface area (Å²) in [5.41, 5.74) is 2.19. The van der Waals surface area contributed by atoms with E-state index in [0.717, 1.165) is 47.4 Å². The molecule has 2 aliphatic heterocycles. The molecule has 0 saturated carbocycles. The number of halogens is 1. The number of furan rings is 1. The summed E-state index contributed by atoms with van der Waals surface area (Å²) in [6.45, 7) is 3.88. The zero-order valence-corrected chi connectivity index (χ0v) is 24.4. The molecular formula is C31H28BrN3O4S. The second-order valence-electron chi connectivity index (χ2n) is 9.69. The fraction of sp³-hybridized carbons (Fsp3) is 0.258. The van der Waals surface area contributed by atoms with Crippen molar-refractivity contribution in [2.75, 3.05) is 24.6 Å². The maximum absolute atomic E-state index is 14.0. The van der Waals surface area contributed by atoms with Crippen LogP contribution in [-0.4, -0.2) is 30.2 Å². The molecule has 2 aromatic heterocycles. The SMILES string of the molecule is CCOC(=O)C1=C(c2ccccc2)N=c2s/c(=C/c3cc(Br)c(N4CCCCC4)o3)c(=O)n2[C@H]1c1ccccc1. The standard InChI is InChI=1S/C31H28BrN3O4S/c1-2-38-30(37)25-26(20-12-6-3-7-13-20)33-31-35(27(25)21-14-8-4-9-15-21)28(36)24(40-31)19-22-18-23(32)29(39-22)34-16-10-5-11-17-34/h3-4,6-9,12-15,18-19,27H,2,5,10-11,16-17H2,1H3/b24-19+/t27-/m0/s1. The number of rotatable bonds is 6. The van der Waals surface area contributed by atoms with E-state index >= 15 is 0 Å². The van der Waals surface area contributed by atoms with Crippen LogP contribution >= 0.6 is 27.3 Å². The first-order valence-electron chi connectivity index (χ1n) is 13.4. The Bertz CT molecular complexity index is 1750. The van der Waals surface area contributed by atoms with Crippen LogP contribution in [0.2, 0.25) is 0 Å². The molecule has 40 heavy (non-hydrogen) atoms. The number of aromatic nitrogens is 1. The van der Waals surface area contributed by atoms with E-state index in [1.165, 1.54) is 17.8 Å². The molecule has 0 N–H and O–H groups in total. The average Bonchev–Trinajstić information content (AvgIpc) is 3.51. The first-order chi connectivity index (χ1) is 19.5. The summed E-state index contributed by atoms with van der Waals surface area (Å²) in [5, 5.41) is 0. The van der Waals surface area contributed by atoms with E-state index in [4.69, 9.17) is 14.1 Å². The van der Waals surface area contributed by atoms with Gasteiger partial charge in [-0.3, -0.25) is 9.36 Å². The van der Waals surface area contributed by atoms with Gasteiger partial charge in [0.25, 0.3) is 5.56 Å². The van der Waals surface area contributed by atoms with Crippen molar-refractivity contribution >= 4 is 50.9 Å². The second-order valence-corrected chi connectivity index (χ2v) is 11.6. The molecule has 2 aliphatic rings. The number of nitrogens with zero attached hydrogens (tertiary/aromatic N) is 3. The molecular weight excluding hydrogens is 590 g/mol. The van der Waals surface area contributed by atoms with Gasteiger partial charge in [-0.2, -0.15) is 0 Å². The van der Waals surface area contributed by atoms with Crippen LogP contribution in [0, 0.1) is 0 Å². The number of fused-ring (bicyclic) bond motifs is 1. The molecule has 204 valence electrons. The van der Waals surface area contributed by atoms with Crippen LogP contribution in [0.15, 0.2) is 91.0 Å². The summed E-state index contributed by atoms with van der Waals surface area (Å²) in [7, 11) is 0. The maximum atomic E-state index is 14.0. The maximum Gasteiger partial charge on any atom is 0.338 e. The van der Waals surface area contributed by atoms with Gasteiger partial charge in [-0.25, -0.2) is 9.79 Å². The van der Waals surface area contributed by atoms with Crippen molar-refractivity contribution in [2.45, 2.75) is 32.2 Å². The van der Waals surface area contributed by atoms with Gasteiger partial charge in [0.15, 0.2) is 4.80 Å². The average molecular weight is 619 g/mol. The summed E-state index contributed by atoms with van der Waals surface area (Å²) in [5.74, 6) is 0.882. The number of anilines is 1. The predicted octanol–water partition coefficient (Wildman–Crippen LogP) is 5.28. The van der Waals surface area contributed by atoms with E-state index in [0.29, 0.717) is 26.4 Å². The minimum Gasteiger partial charge on any atom is -0.463 e. The Kier molecular flexibility index (Phi) is 7.58. The zero-order valence-electron chi connectivity index (χ0n) is 22.0. The highest BCUT2D eigenvalue weighted by atomic mass is 79.9. The van der Waals surface area contributed by atoms with Crippen LogP contribution in [0.3, 0.4) is 0 Å². The van der Waals surface area contributed by atoms with Crippen molar-refractivity contribution in [3.05, 3.63) is 113 Å². The lowest BCUT2D eigenvalue weighted by Gasteiger charge is -2.26. The number of benzene rings is 2. The van der Waals surface area contributed by atoms with Crippen LogP contribution in [-0.2, 0) is 9.53 Å². The number of esters is 1. The highest BCUT2D eigenvalue weighted by molar-refractivity contribution is 9.10. The third-order valence-electron chi connectivity index (χ3n) is 7.09. The highest BCUT2D eigenvalue weighted by Gasteiger charge is 2.35. The van der Waals surface area contributed by atoms with Crippen molar-refractivity contribution in [3.63, 3.8) is 0 Å². The number of hydrogen-bond acceptors (Lipinski definition) is 7. The number of hydrogen-bond donors (Lipinski definition) is 0. The third kappa shape index (κ3) is 4.99. The molecule has 1 atom stereocenters. The molecule has 0 bridgehead atoms. The molecule has 1 fully saturated rings. The number of ether oxygens (including phenoxy) is 1. The topological polar surface area (TPSA) is 77.0 Å². The Labute approximate surface area is 243 Å². The van der Waals surface area contributed by atoms with Gasteiger partial charge in [-0.1, -0.05) is 72.0 Å². The Morgan fingerprint density at radius 3 is 2.50 bits per heavy atom. The van der Waals surface area contributed by atoms with Crippen LogP contribution in [0.25, 0.3) is 11.8 Å². The Hall–Kier alpha value is -3.69. The molecule has 2 aromatic carbocycles. The van der Waals surface area contributed by atoms with Gasteiger partial charge in [0.2, 0.25) is 5.88 Å². The van der Waals surface area contributed by atoms with Gasteiger partial charge in [-0.15, -0.1) is 0 Å². The predicted molar refractivity (Wildman–Crippen MR) is 160 cm³/mol. The fourth-order valence-electron chi connectivity index (χ4n) is 5.28. The van der Waals surface area contributed by atoms with E-state index in [9.17, 15) is 9.59 Å². The molecule has 9 heteroatoms. The molecule has 7 nitrogen and oxygen atoms in total. The molecule has 0 spiro atoms. The van der Waals surface area contributed by atoms with E-state index in [1.54, 1.807) is 17.6 Å². The van der Waals surface area contributed by atoms with Gasteiger partial charge < -0.3 is 14.1 Å². The molecule has 0 radical (unpaired) electrons. The van der Waals surface area contributed by atoms with Crippen molar-refractivity contribution in [2.24, 2.45) is 4.99 Å². The monoisotopic (exact) mass is 617 g/mol. The first-order valence-corrected chi connectivity index (χ1v) is 15.0. The number of piperidine rings is 1. The lowest BCUT2D eigenvalue weighted by molar-refractivity contribution is -0.138. The van der Waals surface area contributed by atoms with Gasteiger partial charge in [0.05, 0.1) is 32.9 Å². The molecule has 0 amide bonds. The lowest BCUT2D eigenvalue weighted by Crippen LogP contribution is -2.39. The van der Waals surface area contributed by atoms with Crippen LogP contribution in [0.5, 0.6) is 0 Å². The molecule has 0 aliphatic carbocycles. The fourth-order valence-corrected chi connectivity index (χ4v) is 6.82. The smallest absolute Gasteiger partial charge is 0.338 e. The number of thiazole rings is 1. The molecule has 0 unspecified atom stereocenters. The summed E-state index contributed by atoms with van der Waals surface area (Å²) in [6.07, 6.45) is 5.25. The normalized spacial score (nSPS) is 17.5. The Balaban J connectivity index is 1.55. The van der Waals surface area contributed by atoms with Crippen molar-refractivity contribution < 1.29 is 13.9 Å². The summed E-state index contributed by atoms with van der Waals surface area (Å²) in [4.78, 5) is 35.1. The van der Waals surface area contributed by atoms with Crippen molar-refractivity contribution in [3.8, 4) is 0 Å². The van der Waals surface area contributed by atoms with Crippen LogP contribution < -0.4 is 19.8 Å². The van der Waals surface area contributed by atoms with E-state index in [-0.39, 0.29) is 12.2 Å². The second kappa shape index (κ2) is 11.4. The number of carbonyl (C=O) groups is 1. The quantitative estimate of drug-likeness (QED) is 0.275. The molecule has 4 heterocycles. The van der Waals surface area contributed by atoms with Crippen molar-refractivity contribution in [1.82, 2.24) is 4.57 Å². The van der Waals surface area contributed by atoms with Crippen molar-refractivity contribution in [1.29, 1.82) is 0 Å². The first kappa shape index (κ1) is 26.5. The molecule has 4 aromatic rings. The van der Waals surface area contributed by atoms with E-state index in [1.807, 2.05) is 66.7 Å². The Morgan fingerprint density at radius 1 is 1.10 bits per heavy atom. The van der Waals surface area contributed by atoms with Gasteiger partial charge in [-0.05, 0) is 47.7 Å². The minimum atomic E-state index is -0.693. The van der Waals surface area contributed by atoms with Gasteiger partial charge in [0, 0.05) is 30.8 Å². The number of carbonyl (C=O) groups excluding carboxylic acids is 1. The third-order valence-corrected chi connectivity index (χ3v) is 8.64. The van der Waals surface area contributed by atoms with Crippen LogP contribution in [0.1, 0.15) is 49.1 Å². The van der Waals surface area contributed by atoms with E-state index < -0.39 is 12.0 Å². The summed E-state index contributed by atoms with van der Waals surface area (Å²) < 4.78 is 14.7.